The molecule has 0 heterocycles. The Morgan fingerprint density at radius 2 is 1.69 bits per heavy atom. The normalized spacial score (nSPS) is 10.9. The lowest BCUT2D eigenvalue weighted by molar-refractivity contribution is -0.138. The third-order valence-electron chi connectivity index (χ3n) is 3.74. The van der Waals surface area contributed by atoms with Gasteiger partial charge in [-0.1, -0.05) is 17.7 Å². The lowest BCUT2D eigenvalue weighted by Crippen LogP contribution is -2.16. The molecule has 0 spiro atoms. The summed E-state index contributed by atoms with van der Waals surface area (Å²) in [4.78, 5) is 11.5. The lowest BCUT2D eigenvalue weighted by Gasteiger charge is -2.17. The monoisotopic (exact) mass is 379 g/mol. The molecule has 140 valence electrons. The van der Waals surface area contributed by atoms with Gasteiger partial charge in [0.2, 0.25) is 9.84 Å². The number of benzene rings is 2. The van der Waals surface area contributed by atoms with E-state index in [4.69, 9.17) is 9.47 Å². The minimum Gasteiger partial charge on any atom is -0.497 e. The van der Waals surface area contributed by atoms with Gasteiger partial charge < -0.3 is 19.5 Å². The number of methoxy groups -OCH3 is 3. The molecule has 1 N–H and O–H groups in total. The molecule has 0 aliphatic rings. The zero-order chi connectivity index (χ0) is 19.3. The number of ether oxygens (including phenoxy) is 3. The van der Waals surface area contributed by atoms with Crippen molar-refractivity contribution in [3.63, 3.8) is 0 Å². The fraction of sp³-hybridized carbons (Fsp3) is 0.278. The van der Waals surface area contributed by atoms with E-state index in [1.165, 1.54) is 39.5 Å². The van der Waals surface area contributed by atoms with E-state index in [1.807, 2.05) is 6.92 Å². The summed E-state index contributed by atoms with van der Waals surface area (Å²) in [5.41, 5.74) is 1.25. The molecule has 0 aromatic heterocycles. The number of aryl methyl sites for hydroxylation is 1. The summed E-state index contributed by atoms with van der Waals surface area (Å²) in [5, 5.41) is 2.82. The minimum absolute atomic E-state index is 0.0597. The summed E-state index contributed by atoms with van der Waals surface area (Å²) in [6, 6.07) is 9.44. The van der Waals surface area contributed by atoms with Crippen LogP contribution in [0.4, 0.5) is 5.69 Å². The fourth-order valence-corrected chi connectivity index (χ4v) is 3.78. The second-order valence-corrected chi connectivity index (χ2v) is 7.37. The number of sulfone groups is 1. The van der Waals surface area contributed by atoms with Gasteiger partial charge in [-0.05, 0) is 19.1 Å². The van der Waals surface area contributed by atoms with E-state index >= 15 is 0 Å². The van der Waals surface area contributed by atoms with Crippen LogP contribution in [0.5, 0.6) is 11.5 Å². The average Bonchev–Trinajstić information content (AvgIpc) is 2.65. The molecule has 0 aliphatic carbocycles. The minimum atomic E-state index is -3.86. The van der Waals surface area contributed by atoms with Gasteiger partial charge in [0.05, 0.1) is 31.9 Å². The fourth-order valence-electron chi connectivity index (χ4n) is 2.32. The highest BCUT2D eigenvalue weighted by atomic mass is 32.2. The summed E-state index contributed by atoms with van der Waals surface area (Å²) in [7, 11) is 0.190. The van der Waals surface area contributed by atoms with E-state index in [1.54, 1.807) is 18.2 Å². The van der Waals surface area contributed by atoms with Crippen LogP contribution >= 0.6 is 0 Å². The van der Waals surface area contributed by atoms with Crippen molar-refractivity contribution in [2.75, 3.05) is 33.2 Å². The van der Waals surface area contributed by atoms with E-state index < -0.39 is 15.8 Å². The third kappa shape index (κ3) is 4.08. The van der Waals surface area contributed by atoms with Crippen LogP contribution in [0.3, 0.4) is 0 Å². The second kappa shape index (κ2) is 8.09. The van der Waals surface area contributed by atoms with Gasteiger partial charge in [-0.25, -0.2) is 8.42 Å². The van der Waals surface area contributed by atoms with E-state index in [0.717, 1.165) is 5.56 Å². The van der Waals surface area contributed by atoms with E-state index in [0.29, 0.717) is 11.4 Å². The Balaban J connectivity index is 2.59. The largest absolute Gasteiger partial charge is 0.497 e. The van der Waals surface area contributed by atoms with Gasteiger partial charge >= 0.3 is 5.97 Å². The van der Waals surface area contributed by atoms with Gasteiger partial charge in [0.15, 0.2) is 5.75 Å². The Morgan fingerprint density at radius 3 is 2.23 bits per heavy atom. The van der Waals surface area contributed by atoms with Gasteiger partial charge in [-0.15, -0.1) is 0 Å². The highest BCUT2D eigenvalue weighted by molar-refractivity contribution is 7.91. The highest BCUT2D eigenvalue weighted by Gasteiger charge is 2.26. The quantitative estimate of drug-likeness (QED) is 0.739. The molecule has 0 bridgehead atoms. The summed E-state index contributed by atoms with van der Waals surface area (Å²) < 4.78 is 41.3. The first-order valence-corrected chi connectivity index (χ1v) is 9.20. The Kier molecular flexibility index (Phi) is 6.10. The number of carbonyl (C=O) groups excluding carboxylic acids is 1. The average molecular weight is 379 g/mol. The zero-order valence-corrected chi connectivity index (χ0v) is 15.8. The molecule has 2 aromatic carbocycles. The molecule has 26 heavy (non-hydrogen) atoms. The van der Waals surface area contributed by atoms with Gasteiger partial charge in [0.1, 0.15) is 17.2 Å². The number of esters is 1. The van der Waals surface area contributed by atoms with Crippen molar-refractivity contribution in [3.05, 3.63) is 42.0 Å². The number of anilines is 1. The lowest BCUT2D eigenvalue weighted by atomic mass is 10.2. The molecule has 0 fully saturated rings. The predicted molar refractivity (Wildman–Crippen MR) is 96.7 cm³/mol. The summed E-state index contributed by atoms with van der Waals surface area (Å²) in [6.45, 7) is 1.72. The van der Waals surface area contributed by atoms with E-state index in [-0.39, 0.29) is 22.1 Å². The molecule has 0 aliphatic heterocycles. The van der Waals surface area contributed by atoms with Crippen molar-refractivity contribution in [3.8, 4) is 11.5 Å². The number of nitrogens with one attached hydrogen (secondary N) is 1. The summed E-state index contributed by atoms with van der Waals surface area (Å²) >= 11 is 0. The summed E-state index contributed by atoms with van der Waals surface area (Å²) in [5.74, 6) is -0.100. The number of hydrogen-bond donors (Lipinski definition) is 1. The molecule has 0 atom stereocenters. The highest BCUT2D eigenvalue weighted by Crippen LogP contribution is 2.39. The van der Waals surface area contributed by atoms with Crippen molar-refractivity contribution in [1.82, 2.24) is 0 Å². The van der Waals surface area contributed by atoms with E-state index in [9.17, 15) is 13.2 Å². The Morgan fingerprint density at radius 1 is 1.04 bits per heavy atom. The third-order valence-corrected chi connectivity index (χ3v) is 5.51. The van der Waals surface area contributed by atoms with Crippen LogP contribution in [0.1, 0.15) is 5.56 Å². The maximum atomic E-state index is 13.1. The molecule has 0 saturated heterocycles. The number of rotatable bonds is 7. The molecule has 0 saturated carbocycles. The number of carbonyl (C=O) groups is 1. The first-order valence-electron chi connectivity index (χ1n) is 7.72. The van der Waals surface area contributed by atoms with Crippen molar-refractivity contribution in [2.24, 2.45) is 0 Å². The maximum absolute atomic E-state index is 13.1. The summed E-state index contributed by atoms with van der Waals surface area (Å²) in [6.07, 6.45) is 0. The Bertz CT molecular complexity index is 891. The van der Waals surface area contributed by atoms with Crippen molar-refractivity contribution < 1.29 is 27.4 Å². The Labute approximate surface area is 152 Å². The molecule has 0 unspecified atom stereocenters. The van der Waals surface area contributed by atoms with E-state index in [2.05, 4.69) is 10.1 Å². The van der Waals surface area contributed by atoms with Crippen LogP contribution in [0, 0.1) is 6.92 Å². The topological polar surface area (TPSA) is 90.9 Å². The second-order valence-electron chi connectivity index (χ2n) is 5.45. The van der Waals surface area contributed by atoms with Crippen molar-refractivity contribution in [1.29, 1.82) is 0 Å². The number of hydrogen-bond acceptors (Lipinski definition) is 7. The molecule has 0 amide bonds. The molecular weight excluding hydrogens is 358 g/mol. The standard InChI is InChI=1S/C18H21NO6S/c1-12-5-7-14(8-6-12)26(21,22)16-10-13(23-2)9-15(18(16)25-4)19-11-17(20)24-3/h5-10,19H,11H2,1-4H3. The van der Waals surface area contributed by atoms with Crippen LogP contribution in [-0.4, -0.2) is 42.3 Å². The smallest absolute Gasteiger partial charge is 0.325 e. The van der Waals surface area contributed by atoms with Crippen LogP contribution in [0.25, 0.3) is 0 Å². The molecule has 8 heteroatoms. The van der Waals surface area contributed by atoms with Gasteiger partial charge in [0, 0.05) is 12.1 Å². The van der Waals surface area contributed by atoms with Crippen molar-refractivity contribution >= 4 is 21.5 Å². The molecule has 7 nitrogen and oxygen atoms in total. The van der Waals surface area contributed by atoms with Gasteiger partial charge in [-0.3, -0.25) is 4.79 Å². The predicted octanol–water partition coefficient (Wildman–Crippen LogP) is 2.43. The molecule has 0 radical (unpaired) electrons. The zero-order valence-electron chi connectivity index (χ0n) is 15.0. The van der Waals surface area contributed by atoms with Crippen molar-refractivity contribution in [2.45, 2.75) is 16.7 Å². The molecule has 2 rings (SSSR count). The molecule has 2 aromatic rings. The first kappa shape index (κ1) is 19.6. The van der Waals surface area contributed by atoms with Crippen LogP contribution in [0.15, 0.2) is 46.2 Å². The van der Waals surface area contributed by atoms with Crippen LogP contribution < -0.4 is 14.8 Å². The molecular formula is C18H21NO6S. The Hall–Kier alpha value is -2.74. The first-order chi connectivity index (χ1) is 12.3. The SMILES string of the molecule is COC(=O)CNc1cc(OC)cc(S(=O)(=O)c2ccc(C)cc2)c1OC. The van der Waals surface area contributed by atoms with Gasteiger partial charge in [-0.2, -0.15) is 0 Å². The maximum Gasteiger partial charge on any atom is 0.325 e. The van der Waals surface area contributed by atoms with Gasteiger partial charge in [0.25, 0.3) is 0 Å². The van der Waals surface area contributed by atoms with Crippen LogP contribution in [0.2, 0.25) is 0 Å². The van der Waals surface area contributed by atoms with Crippen LogP contribution in [-0.2, 0) is 19.4 Å².